The highest BCUT2D eigenvalue weighted by atomic mass is 16.8. The van der Waals surface area contributed by atoms with E-state index in [9.17, 15) is 76.6 Å². The number of fused-ring (bicyclic) bond motifs is 7. The van der Waals surface area contributed by atoms with Gasteiger partial charge in [0.2, 0.25) is 6.29 Å². The molecule has 26 heteroatoms. The number of esters is 1. The molecular formula is C57H92O26. The van der Waals surface area contributed by atoms with Crippen LogP contribution in [0.1, 0.15) is 106 Å². The lowest BCUT2D eigenvalue weighted by molar-refractivity contribution is -0.382. The molecule has 10 aliphatic rings. The molecule has 4 saturated carbocycles. The average molecular weight is 1190 g/mol. The predicted octanol–water partition coefficient (Wildman–Crippen LogP) is -3.32. The van der Waals surface area contributed by atoms with Crippen LogP contribution in [0.25, 0.3) is 0 Å². The quantitative estimate of drug-likeness (QED) is 0.0516. The molecule has 83 heavy (non-hydrogen) atoms. The van der Waals surface area contributed by atoms with Gasteiger partial charge in [-0.25, -0.2) is 0 Å². The number of hydrogen-bond donors (Lipinski definition) is 15. The standard InChI is InChI=1S/C57H92O26/c1-23-42(79-46-38(69)33(64)27(61)19-74-46)37(68)41(72)48(77-23)81-44-43(80-47-39(70)34(65)28(62)20-75-47)29(63)21-76-50(44)83-51(73)57-14-12-52(2,3)16-25(57)24-8-9-32-53(4)17-26(60)45(82-49-40(71)36(67)35(66)30(18-58)78-49)54(5,22-59)31(53)10-11-56(32,7)55(24,6)13-15-57/h8,23,25-50,58-72H,9-22H2,1-7H3/t23-,25-,26-,27+,28-,29-,30+,31+,32+,33-,34-,35+,36-,37-,38+,39+,40+,41+,42-,43+,44-,45-,46-,47-,48-,49-,50-,53-,54-,55+,56+,57-/m0/s1. The summed E-state index contributed by atoms with van der Waals surface area (Å²) in [5.41, 5.74) is -2.84. The van der Waals surface area contributed by atoms with E-state index in [-0.39, 0.29) is 29.6 Å². The van der Waals surface area contributed by atoms with Crippen molar-refractivity contribution in [3.63, 3.8) is 0 Å². The summed E-state index contributed by atoms with van der Waals surface area (Å²) < 4.78 is 60.1. The van der Waals surface area contributed by atoms with Gasteiger partial charge in [-0.2, -0.15) is 0 Å². The zero-order valence-electron chi connectivity index (χ0n) is 48.3. The minimum atomic E-state index is -1.96. The molecule has 0 spiro atoms. The largest absolute Gasteiger partial charge is 0.432 e. The SMILES string of the molecule is C[C@@H]1O[C@@H](O[C@@H]2[C@H](OC(=O)[C@]34CCC(C)(C)C[C@H]3C3=CC[C@@H]5[C@@]6(C)C[C@H](O)[C@H](O[C@@H]7O[C@H](CO)[C@@H](O)[C@H](O)[C@H]7O)[C@@](C)(CO)[C@@H]6CC[C@@]5(C)[C@]3(C)CC4)OC[C@H](O)[C@H]2O[C@@H]2OC[C@H](O)[C@H](O)[C@H]2O)[C@H](O)[C@H](O)[C@H]1O[C@@H]1OC[C@@H](O)[C@H](O)[C@H]1O. The van der Waals surface area contributed by atoms with E-state index in [1.807, 2.05) is 6.92 Å². The normalized spacial score (nSPS) is 55.4. The second-order valence-corrected chi connectivity index (χ2v) is 27.7. The molecule has 0 bridgehead atoms. The van der Waals surface area contributed by atoms with Gasteiger partial charge in [-0.1, -0.05) is 53.2 Å². The van der Waals surface area contributed by atoms with E-state index in [0.29, 0.717) is 51.4 Å². The van der Waals surface area contributed by atoms with Gasteiger partial charge in [0, 0.05) is 5.41 Å². The monoisotopic (exact) mass is 1190 g/mol. The maximum Gasteiger partial charge on any atom is 0.315 e. The first-order chi connectivity index (χ1) is 38.9. The number of aliphatic hydroxyl groups is 15. The van der Waals surface area contributed by atoms with Crippen LogP contribution in [0.15, 0.2) is 11.6 Å². The number of ether oxygens (including phenoxy) is 10. The fourth-order valence-corrected chi connectivity index (χ4v) is 17.3. The molecule has 5 aliphatic heterocycles. The molecule has 0 unspecified atom stereocenters. The van der Waals surface area contributed by atoms with Crippen molar-refractivity contribution in [2.45, 2.75) is 254 Å². The first kappa shape index (κ1) is 64.2. The minimum absolute atomic E-state index is 0.0465. The van der Waals surface area contributed by atoms with Crippen LogP contribution in [0.2, 0.25) is 0 Å². The van der Waals surface area contributed by atoms with Gasteiger partial charge in [0.15, 0.2) is 31.3 Å². The number of allylic oxidation sites excluding steroid dienone is 2. The summed E-state index contributed by atoms with van der Waals surface area (Å²) in [6, 6.07) is 0. The van der Waals surface area contributed by atoms with Crippen molar-refractivity contribution in [1.29, 1.82) is 0 Å². The van der Waals surface area contributed by atoms with Crippen LogP contribution in [0.3, 0.4) is 0 Å². The molecule has 32 atom stereocenters. The Labute approximate surface area is 482 Å². The maximum absolute atomic E-state index is 15.7. The topological polar surface area (TPSA) is 413 Å². The third-order valence-electron chi connectivity index (χ3n) is 22.4. The van der Waals surface area contributed by atoms with Gasteiger partial charge < -0.3 is 124 Å². The van der Waals surface area contributed by atoms with Gasteiger partial charge in [-0.05, 0) is 104 Å². The first-order valence-corrected chi connectivity index (χ1v) is 29.7. The van der Waals surface area contributed by atoms with Gasteiger partial charge in [-0.3, -0.25) is 4.79 Å². The summed E-state index contributed by atoms with van der Waals surface area (Å²) in [5.74, 6) is -1.26. The second kappa shape index (κ2) is 23.6. The molecule has 9 fully saturated rings. The molecule has 5 heterocycles. The molecule has 0 aromatic rings. The van der Waals surface area contributed by atoms with E-state index in [2.05, 4.69) is 40.7 Å². The Hall–Kier alpha value is -1.75. The average Bonchev–Trinajstić information content (AvgIpc) is 1.16. The van der Waals surface area contributed by atoms with Crippen LogP contribution in [-0.4, -0.2) is 263 Å². The minimum Gasteiger partial charge on any atom is -0.432 e. The van der Waals surface area contributed by atoms with Crippen molar-refractivity contribution in [2.24, 2.45) is 50.2 Å². The zero-order chi connectivity index (χ0) is 60.4. The predicted molar refractivity (Wildman–Crippen MR) is 279 cm³/mol. The van der Waals surface area contributed by atoms with E-state index in [1.54, 1.807) is 0 Å². The van der Waals surface area contributed by atoms with E-state index >= 15 is 4.79 Å². The van der Waals surface area contributed by atoms with Crippen LogP contribution >= 0.6 is 0 Å². The fourth-order valence-electron chi connectivity index (χ4n) is 17.3. The van der Waals surface area contributed by atoms with E-state index < -0.39 is 214 Å². The molecule has 15 N–H and O–H groups in total. The van der Waals surface area contributed by atoms with Crippen molar-refractivity contribution in [1.82, 2.24) is 0 Å². The Bertz CT molecular complexity index is 2310. The van der Waals surface area contributed by atoms with Gasteiger partial charge in [0.25, 0.3) is 0 Å². The van der Waals surface area contributed by atoms with Crippen molar-refractivity contribution in [2.75, 3.05) is 33.0 Å². The van der Waals surface area contributed by atoms with E-state index in [1.165, 1.54) is 6.92 Å². The lowest BCUT2D eigenvalue weighted by atomic mass is 9.33. The highest BCUT2D eigenvalue weighted by molar-refractivity contribution is 5.79. The molecule has 5 aliphatic carbocycles. The summed E-state index contributed by atoms with van der Waals surface area (Å²) in [4.78, 5) is 15.7. The lowest BCUT2D eigenvalue weighted by Gasteiger charge is -2.72. The zero-order valence-corrected chi connectivity index (χ0v) is 48.3. The van der Waals surface area contributed by atoms with Crippen LogP contribution in [-0.2, 0) is 52.2 Å². The van der Waals surface area contributed by atoms with Gasteiger partial charge in [0.1, 0.15) is 91.6 Å². The Morgan fingerprint density at radius 3 is 1.73 bits per heavy atom. The van der Waals surface area contributed by atoms with Crippen molar-refractivity contribution in [3.8, 4) is 0 Å². The molecule has 476 valence electrons. The highest BCUT2D eigenvalue weighted by Crippen LogP contribution is 2.76. The third-order valence-corrected chi connectivity index (χ3v) is 22.4. The molecule has 0 aromatic carbocycles. The summed E-state index contributed by atoms with van der Waals surface area (Å²) in [7, 11) is 0. The van der Waals surface area contributed by atoms with Crippen LogP contribution < -0.4 is 0 Å². The van der Waals surface area contributed by atoms with E-state index in [4.69, 9.17) is 47.4 Å². The van der Waals surface area contributed by atoms with Crippen LogP contribution in [0.5, 0.6) is 0 Å². The summed E-state index contributed by atoms with van der Waals surface area (Å²) in [6.45, 7) is 11.9. The summed E-state index contributed by atoms with van der Waals surface area (Å²) >= 11 is 0. The number of rotatable bonds is 12. The third kappa shape index (κ3) is 10.7. The molecule has 26 nitrogen and oxygen atoms in total. The second-order valence-electron chi connectivity index (χ2n) is 27.7. The molecule has 10 rings (SSSR count). The maximum atomic E-state index is 15.7. The summed E-state index contributed by atoms with van der Waals surface area (Å²) in [6.07, 6.45) is -30.9. The Morgan fingerprint density at radius 2 is 1.11 bits per heavy atom. The molecular weight excluding hydrogens is 1100 g/mol. The first-order valence-electron chi connectivity index (χ1n) is 29.7. The Kier molecular flexibility index (Phi) is 18.2. The number of carbonyl (C=O) groups is 1. The smallest absolute Gasteiger partial charge is 0.315 e. The van der Waals surface area contributed by atoms with E-state index in [0.717, 1.165) is 5.57 Å². The molecule has 0 amide bonds. The fraction of sp³-hybridized carbons (Fsp3) is 0.947. The van der Waals surface area contributed by atoms with Crippen molar-refractivity contribution < 1.29 is 129 Å². The molecule has 0 aromatic heterocycles. The van der Waals surface area contributed by atoms with Crippen LogP contribution in [0, 0.1) is 50.2 Å². The Morgan fingerprint density at radius 1 is 0.554 bits per heavy atom. The van der Waals surface area contributed by atoms with Crippen molar-refractivity contribution in [3.05, 3.63) is 11.6 Å². The molecule has 5 saturated heterocycles. The Balaban J connectivity index is 0.924. The number of hydrogen-bond acceptors (Lipinski definition) is 26. The number of aliphatic hydroxyl groups excluding tert-OH is 15. The highest BCUT2D eigenvalue weighted by Gasteiger charge is 2.72. The van der Waals surface area contributed by atoms with Crippen molar-refractivity contribution >= 4 is 5.97 Å². The van der Waals surface area contributed by atoms with Gasteiger partial charge in [0.05, 0.1) is 56.8 Å². The molecule has 0 radical (unpaired) electrons. The summed E-state index contributed by atoms with van der Waals surface area (Å²) in [5, 5.41) is 163. The van der Waals surface area contributed by atoms with Gasteiger partial charge >= 0.3 is 5.97 Å². The van der Waals surface area contributed by atoms with Gasteiger partial charge in [-0.15, -0.1) is 0 Å². The van der Waals surface area contributed by atoms with Crippen LogP contribution in [0.4, 0.5) is 0 Å². The lowest BCUT2D eigenvalue weighted by Crippen LogP contribution is -2.69. The number of carbonyl (C=O) groups excluding carboxylic acids is 1.